The van der Waals surface area contributed by atoms with E-state index in [0.717, 1.165) is 51.0 Å². The summed E-state index contributed by atoms with van der Waals surface area (Å²) in [6.07, 6.45) is 3.25. The molecule has 138 valence electrons. The molecule has 1 aliphatic heterocycles. The minimum Gasteiger partial charge on any atom is -0.493 e. The van der Waals surface area contributed by atoms with E-state index in [1.165, 1.54) is 0 Å². The Bertz CT molecular complexity index is 599. The van der Waals surface area contributed by atoms with E-state index in [9.17, 15) is 9.90 Å². The Morgan fingerprint density at radius 3 is 2.44 bits per heavy atom. The number of carbonyl (C=O) groups is 1. The third kappa shape index (κ3) is 4.07. The zero-order valence-corrected chi connectivity index (χ0v) is 15.1. The minimum absolute atomic E-state index is 0.138. The highest BCUT2D eigenvalue weighted by Crippen LogP contribution is 2.28. The van der Waals surface area contributed by atoms with Crippen LogP contribution in [0.4, 0.5) is 0 Å². The van der Waals surface area contributed by atoms with Gasteiger partial charge in [-0.05, 0) is 37.0 Å². The van der Waals surface area contributed by atoms with Gasteiger partial charge >= 0.3 is 0 Å². The fourth-order valence-electron chi connectivity index (χ4n) is 3.93. The lowest BCUT2D eigenvalue weighted by atomic mass is 10.1. The van der Waals surface area contributed by atoms with Crippen molar-refractivity contribution < 1.29 is 19.4 Å². The molecule has 6 nitrogen and oxygen atoms in total. The van der Waals surface area contributed by atoms with Gasteiger partial charge in [-0.3, -0.25) is 9.69 Å². The molecule has 1 aromatic rings. The summed E-state index contributed by atoms with van der Waals surface area (Å²) < 4.78 is 10.5. The van der Waals surface area contributed by atoms with Crippen molar-refractivity contribution in [2.75, 3.05) is 40.4 Å². The number of piperazine rings is 1. The van der Waals surface area contributed by atoms with E-state index in [4.69, 9.17) is 9.47 Å². The first kappa shape index (κ1) is 18.0. The summed E-state index contributed by atoms with van der Waals surface area (Å²) in [5, 5.41) is 10.1. The molecule has 0 bridgehead atoms. The molecule has 1 aliphatic carbocycles. The Hall–Kier alpha value is -1.79. The third-order valence-corrected chi connectivity index (χ3v) is 5.38. The summed E-state index contributed by atoms with van der Waals surface area (Å²) in [7, 11) is 3.20. The number of rotatable bonds is 5. The molecule has 25 heavy (non-hydrogen) atoms. The van der Waals surface area contributed by atoms with Crippen molar-refractivity contribution >= 4 is 5.91 Å². The summed E-state index contributed by atoms with van der Waals surface area (Å²) in [6, 6.07) is 5.88. The van der Waals surface area contributed by atoms with Gasteiger partial charge in [0.05, 0.1) is 26.7 Å². The van der Waals surface area contributed by atoms with Crippen LogP contribution in [-0.4, -0.2) is 73.4 Å². The van der Waals surface area contributed by atoms with Crippen LogP contribution < -0.4 is 9.47 Å². The Kier molecular flexibility index (Phi) is 5.81. The van der Waals surface area contributed by atoms with Crippen LogP contribution in [0.2, 0.25) is 0 Å². The number of aliphatic hydroxyl groups excluding tert-OH is 1. The van der Waals surface area contributed by atoms with E-state index in [2.05, 4.69) is 4.90 Å². The van der Waals surface area contributed by atoms with Gasteiger partial charge in [-0.15, -0.1) is 0 Å². The molecular formula is C19H28N2O4. The van der Waals surface area contributed by atoms with Gasteiger partial charge in [0.15, 0.2) is 11.5 Å². The van der Waals surface area contributed by atoms with Gasteiger partial charge in [0.25, 0.3) is 0 Å². The predicted molar refractivity (Wildman–Crippen MR) is 95.0 cm³/mol. The predicted octanol–water partition coefficient (Wildman–Crippen LogP) is 1.30. The van der Waals surface area contributed by atoms with E-state index >= 15 is 0 Å². The zero-order valence-electron chi connectivity index (χ0n) is 15.1. The molecule has 1 saturated heterocycles. The van der Waals surface area contributed by atoms with Gasteiger partial charge < -0.3 is 19.5 Å². The third-order valence-electron chi connectivity index (χ3n) is 5.38. The SMILES string of the molecule is COc1ccc(CC(=O)N2CCN(C3CCCC3O)CC2)cc1OC. The molecule has 2 fully saturated rings. The van der Waals surface area contributed by atoms with Crippen molar-refractivity contribution in [1.29, 1.82) is 0 Å². The lowest BCUT2D eigenvalue weighted by Gasteiger charge is -2.39. The van der Waals surface area contributed by atoms with E-state index in [1.54, 1.807) is 14.2 Å². The van der Waals surface area contributed by atoms with E-state index in [-0.39, 0.29) is 18.1 Å². The Labute approximate surface area is 149 Å². The Morgan fingerprint density at radius 2 is 1.84 bits per heavy atom. The summed E-state index contributed by atoms with van der Waals surface area (Å²) in [5.41, 5.74) is 0.927. The number of hydrogen-bond donors (Lipinski definition) is 1. The van der Waals surface area contributed by atoms with Crippen LogP contribution in [0.25, 0.3) is 0 Å². The van der Waals surface area contributed by atoms with Gasteiger partial charge in [0.1, 0.15) is 0 Å². The van der Waals surface area contributed by atoms with Crippen LogP contribution in [0.1, 0.15) is 24.8 Å². The number of carbonyl (C=O) groups excluding carboxylic acids is 1. The summed E-state index contributed by atoms with van der Waals surface area (Å²) in [5.74, 6) is 1.45. The molecule has 1 N–H and O–H groups in total. The number of nitrogens with zero attached hydrogens (tertiary/aromatic N) is 2. The van der Waals surface area contributed by atoms with Crippen LogP contribution >= 0.6 is 0 Å². The minimum atomic E-state index is -0.200. The molecule has 0 spiro atoms. The van der Waals surface area contributed by atoms with E-state index in [0.29, 0.717) is 17.9 Å². The van der Waals surface area contributed by atoms with Gasteiger partial charge in [0.2, 0.25) is 5.91 Å². The summed E-state index contributed by atoms with van der Waals surface area (Å²) in [6.45, 7) is 3.16. The first-order valence-electron chi connectivity index (χ1n) is 9.03. The van der Waals surface area contributed by atoms with Crippen LogP contribution in [0.15, 0.2) is 18.2 Å². The maximum atomic E-state index is 12.6. The number of ether oxygens (including phenoxy) is 2. The van der Waals surface area contributed by atoms with Crippen LogP contribution in [0, 0.1) is 0 Å². The fourth-order valence-corrected chi connectivity index (χ4v) is 3.93. The molecule has 0 radical (unpaired) electrons. The van der Waals surface area contributed by atoms with Gasteiger partial charge in [-0.1, -0.05) is 6.07 Å². The molecule has 0 aromatic heterocycles. The quantitative estimate of drug-likeness (QED) is 0.869. The van der Waals surface area contributed by atoms with Crippen molar-refractivity contribution in [3.8, 4) is 11.5 Å². The normalized spacial score (nSPS) is 24.4. The largest absolute Gasteiger partial charge is 0.493 e. The van der Waals surface area contributed by atoms with Gasteiger partial charge in [-0.2, -0.15) is 0 Å². The molecule has 1 aromatic carbocycles. The molecule has 2 aliphatic rings. The standard InChI is InChI=1S/C19H28N2O4/c1-24-17-7-6-14(12-18(17)25-2)13-19(23)21-10-8-20(9-11-21)15-4-3-5-16(15)22/h6-7,12,15-16,22H,3-5,8-11,13H2,1-2H3. The van der Waals surface area contributed by atoms with E-state index in [1.807, 2.05) is 23.1 Å². The fraction of sp³-hybridized carbons (Fsp3) is 0.632. The molecule has 3 rings (SSSR count). The first-order valence-corrected chi connectivity index (χ1v) is 9.03. The second kappa shape index (κ2) is 8.06. The average Bonchev–Trinajstić information content (AvgIpc) is 3.07. The molecule has 1 amide bonds. The van der Waals surface area contributed by atoms with Crippen molar-refractivity contribution in [1.82, 2.24) is 9.80 Å². The maximum Gasteiger partial charge on any atom is 0.227 e. The van der Waals surface area contributed by atoms with Crippen molar-refractivity contribution in [3.63, 3.8) is 0 Å². The summed E-state index contributed by atoms with van der Waals surface area (Å²) >= 11 is 0. The molecule has 1 saturated carbocycles. The molecule has 1 heterocycles. The van der Waals surface area contributed by atoms with E-state index < -0.39 is 0 Å². The zero-order chi connectivity index (χ0) is 17.8. The Balaban J connectivity index is 1.54. The topological polar surface area (TPSA) is 62.2 Å². The highest BCUT2D eigenvalue weighted by Gasteiger charge is 2.33. The van der Waals surface area contributed by atoms with Gasteiger partial charge in [0, 0.05) is 32.2 Å². The van der Waals surface area contributed by atoms with Crippen molar-refractivity contribution in [3.05, 3.63) is 23.8 Å². The van der Waals surface area contributed by atoms with Crippen LogP contribution in [0.5, 0.6) is 11.5 Å². The van der Waals surface area contributed by atoms with Crippen molar-refractivity contribution in [2.24, 2.45) is 0 Å². The molecule has 2 atom stereocenters. The maximum absolute atomic E-state index is 12.6. The second-order valence-electron chi connectivity index (χ2n) is 6.85. The van der Waals surface area contributed by atoms with Crippen LogP contribution in [-0.2, 0) is 11.2 Å². The number of hydrogen-bond acceptors (Lipinski definition) is 5. The number of benzene rings is 1. The highest BCUT2D eigenvalue weighted by molar-refractivity contribution is 5.79. The summed E-state index contributed by atoms with van der Waals surface area (Å²) in [4.78, 5) is 16.9. The molecule has 2 unspecified atom stereocenters. The lowest BCUT2D eigenvalue weighted by Crippen LogP contribution is -2.53. The number of amides is 1. The molecular weight excluding hydrogens is 320 g/mol. The average molecular weight is 348 g/mol. The second-order valence-corrected chi connectivity index (χ2v) is 6.85. The highest BCUT2D eigenvalue weighted by atomic mass is 16.5. The van der Waals surface area contributed by atoms with Crippen LogP contribution in [0.3, 0.4) is 0 Å². The van der Waals surface area contributed by atoms with Gasteiger partial charge in [-0.25, -0.2) is 0 Å². The monoisotopic (exact) mass is 348 g/mol. The number of aliphatic hydroxyl groups is 1. The first-order chi connectivity index (χ1) is 12.1. The number of methoxy groups -OCH3 is 2. The lowest BCUT2D eigenvalue weighted by molar-refractivity contribution is -0.132. The van der Waals surface area contributed by atoms with Crippen molar-refractivity contribution in [2.45, 2.75) is 37.8 Å². The Morgan fingerprint density at radius 1 is 1.12 bits per heavy atom. The smallest absolute Gasteiger partial charge is 0.227 e. The molecule has 6 heteroatoms.